The van der Waals surface area contributed by atoms with E-state index in [1.165, 1.54) is 16.7 Å². The number of ether oxygens (including phenoxy) is 1. The van der Waals surface area contributed by atoms with Crippen LogP contribution < -0.4 is 10.2 Å². The fourth-order valence-electron chi connectivity index (χ4n) is 2.82. The highest BCUT2D eigenvalue weighted by Crippen LogP contribution is 2.23. The molecule has 0 atom stereocenters. The van der Waals surface area contributed by atoms with Gasteiger partial charge in [0.25, 0.3) is 0 Å². The quantitative estimate of drug-likeness (QED) is 0.579. The molecule has 0 aliphatic rings. The predicted molar refractivity (Wildman–Crippen MR) is 113 cm³/mol. The van der Waals surface area contributed by atoms with Gasteiger partial charge < -0.3 is 10.1 Å². The molecule has 146 valence electrons. The molecule has 0 radical (unpaired) electrons. The van der Waals surface area contributed by atoms with Crippen molar-refractivity contribution in [3.63, 3.8) is 0 Å². The maximum atomic E-state index is 12.1. The van der Waals surface area contributed by atoms with Crippen LogP contribution >= 0.6 is 11.3 Å². The average molecular weight is 398 g/mol. The van der Waals surface area contributed by atoms with E-state index < -0.39 is 6.09 Å². The van der Waals surface area contributed by atoms with Crippen molar-refractivity contribution >= 4 is 44.9 Å². The number of fused-ring (bicyclic) bond motifs is 1. The van der Waals surface area contributed by atoms with E-state index in [-0.39, 0.29) is 5.91 Å². The first-order chi connectivity index (χ1) is 13.6. The van der Waals surface area contributed by atoms with Gasteiger partial charge in [-0.15, -0.1) is 11.3 Å². The van der Waals surface area contributed by atoms with Crippen molar-refractivity contribution in [3.05, 3.63) is 53.5 Å². The third-order valence-corrected chi connectivity index (χ3v) is 5.47. The molecule has 1 heterocycles. The van der Waals surface area contributed by atoms with Gasteiger partial charge in [-0.1, -0.05) is 12.1 Å². The van der Waals surface area contributed by atoms with Crippen LogP contribution in [-0.4, -0.2) is 31.1 Å². The van der Waals surface area contributed by atoms with Crippen LogP contribution in [0.3, 0.4) is 0 Å². The second kappa shape index (κ2) is 9.32. The number of anilines is 2. The fraction of sp³-hybridized carbons (Fsp3) is 0.286. The molecule has 0 aliphatic carbocycles. The highest BCUT2D eigenvalue weighted by atomic mass is 32.1. The number of hydrogen-bond acceptors (Lipinski definition) is 5. The summed E-state index contributed by atoms with van der Waals surface area (Å²) in [7, 11) is 2.97. The van der Waals surface area contributed by atoms with Crippen LogP contribution in [0.25, 0.3) is 10.2 Å². The van der Waals surface area contributed by atoms with Gasteiger partial charge in [-0.2, -0.15) is 0 Å². The normalized spacial score (nSPS) is 10.6. The van der Waals surface area contributed by atoms with E-state index in [2.05, 4.69) is 21.1 Å². The number of benzene rings is 2. The van der Waals surface area contributed by atoms with Crippen LogP contribution in [0.4, 0.5) is 16.2 Å². The van der Waals surface area contributed by atoms with Crippen molar-refractivity contribution in [2.45, 2.75) is 25.7 Å². The first-order valence-electron chi connectivity index (χ1n) is 9.13. The predicted octanol–water partition coefficient (Wildman–Crippen LogP) is 4.85. The third-order valence-electron chi connectivity index (χ3n) is 4.37. The number of unbranched alkanes of at least 4 members (excludes halogenated alkanes) is 1. The van der Waals surface area contributed by atoms with Gasteiger partial charge in [0, 0.05) is 24.8 Å². The molecule has 6 nitrogen and oxygen atoms in total. The molecule has 0 fully saturated rings. The molecule has 2 aromatic carbocycles. The van der Waals surface area contributed by atoms with Crippen molar-refractivity contribution in [2.24, 2.45) is 0 Å². The summed E-state index contributed by atoms with van der Waals surface area (Å²) in [5.74, 6) is -0.0154. The van der Waals surface area contributed by atoms with E-state index in [0.717, 1.165) is 29.8 Å². The summed E-state index contributed by atoms with van der Waals surface area (Å²) >= 11 is 1.72. The van der Waals surface area contributed by atoms with E-state index in [9.17, 15) is 9.59 Å². The molecule has 2 amide bonds. The van der Waals surface area contributed by atoms with E-state index >= 15 is 0 Å². The van der Waals surface area contributed by atoms with E-state index in [1.807, 2.05) is 18.2 Å². The molecule has 1 N–H and O–H groups in total. The third kappa shape index (κ3) is 5.07. The topological polar surface area (TPSA) is 71.5 Å². The summed E-state index contributed by atoms with van der Waals surface area (Å²) in [6.45, 7) is 0. The van der Waals surface area contributed by atoms with Crippen molar-refractivity contribution in [1.82, 2.24) is 4.98 Å². The highest BCUT2D eigenvalue weighted by Gasteiger charge is 2.10. The molecule has 0 aliphatic heterocycles. The number of hydrogen-bond donors (Lipinski definition) is 1. The Bertz CT molecular complexity index is 920. The molecular weight excluding hydrogens is 374 g/mol. The molecule has 0 unspecified atom stereocenters. The fourth-order valence-corrected chi connectivity index (χ4v) is 3.83. The van der Waals surface area contributed by atoms with Crippen LogP contribution in [-0.2, 0) is 16.0 Å². The minimum Gasteiger partial charge on any atom is -0.452 e. The van der Waals surface area contributed by atoms with Gasteiger partial charge in [0.2, 0.25) is 5.91 Å². The summed E-state index contributed by atoms with van der Waals surface area (Å²) in [4.78, 5) is 29.7. The number of methoxy groups -OCH3 is 1. The monoisotopic (exact) mass is 397 g/mol. The van der Waals surface area contributed by atoms with Crippen LogP contribution in [0.1, 0.15) is 24.3 Å². The first-order valence-corrected chi connectivity index (χ1v) is 9.94. The number of thiazole rings is 1. The number of nitrogens with zero attached hydrogens (tertiary/aromatic N) is 2. The highest BCUT2D eigenvalue weighted by molar-refractivity contribution is 7.18. The van der Waals surface area contributed by atoms with Crippen molar-refractivity contribution < 1.29 is 14.3 Å². The molecule has 1 aromatic heterocycles. The van der Waals surface area contributed by atoms with Gasteiger partial charge >= 0.3 is 6.09 Å². The van der Waals surface area contributed by atoms with Gasteiger partial charge in [-0.25, -0.2) is 9.78 Å². The zero-order valence-corrected chi connectivity index (χ0v) is 16.8. The molecule has 3 rings (SSSR count). The van der Waals surface area contributed by atoms with Gasteiger partial charge in [0.15, 0.2) is 0 Å². The number of rotatable bonds is 7. The van der Waals surface area contributed by atoms with Crippen LogP contribution in [0.2, 0.25) is 0 Å². The van der Waals surface area contributed by atoms with Crippen molar-refractivity contribution in [2.75, 3.05) is 24.4 Å². The number of para-hydroxylation sites is 1. The summed E-state index contributed by atoms with van der Waals surface area (Å²) in [5.41, 5.74) is 2.44. The molecule has 0 saturated carbocycles. The summed E-state index contributed by atoms with van der Waals surface area (Å²) in [5, 5.41) is 4.00. The van der Waals surface area contributed by atoms with E-state index in [0.29, 0.717) is 17.8 Å². The Balaban J connectivity index is 1.42. The van der Waals surface area contributed by atoms with E-state index in [1.54, 1.807) is 42.6 Å². The number of carbonyl (C=O) groups excluding carboxylic acids is 2. The number of nitrogens with one attached hydrogen (secondary N) is 1. The Kier molecular flexibility index (Phi) is 6.60. The Morgan fingerprint density at radius 2 is 1.86 bits per heavy atom. The van der Waals surface area contributed by atoms with Gasteiger partial charge in [-0.3, -0.25) is 9.69 Å². The smallest absolute Gasteiger partial charge is 0.413 e. The Hall–Kier alpha value is -2.93. The molecule has 0 bridgehead atoms. The number of aryl methyl sites for hydroxylation is 1. The summed E-state index contributed by atoms with van der Waals surface area (Å²) < 4.78 is 5.88. The Labute approximate surface area is 168 Å². The molecule has 0 saturated heterocycles. The SMILES string of the molecule is COC(=O)N(C)c1ccc(NC(=O)CCCCc2nc3ccccc3s2)cc1. The zero-order valence-electron chi connectivity index (χ0n) is 16.0. The van der Waals surface area contributed by atoms with Crippen molar-refractivity contribution in [1.29, 1.82) is 0 Å². The molecule has 7 heteroatoms. The number of carbonyl (C=O) groups is 2. The minimum atomic E-state index is -0.440. The van der Waals surface area contributed by atoms with E-state index in [4.69, 9.17) is 0 Å². The van der Waals surface area contributed by atoms with Crippen molar-refractivity contribution in [3.8, 4) is 0 Å². The molecule has 0 spiro atoms. The number of aromatic nitrogens is 1. The molecule has 28 heavy (non-hydrogen) atoms. The van der Waals surface area contributed by atoms with Crippen LogP contribution in [0, 0.1) is 0 Å². The van der Waals surface area contributed by atoms with Gasteiger partial charge in [0.1, 0.15) is 0 Å². The van der Waals surface area contributed by atoms with Gasteiger partial charge in [-0.05, 0) is 55.7 Å². The largest absolute Gasteiger partial charge is 0.452 e. The Morgan fingerprint density at radius 3 is 2.57 bits per heavy atom. The lowest BCUT2D eigenvalue weighted by Crippen LogP contribution is -2.25. The zero-order chi connectivity index (χ0) is 19.9. The van der Waals surface area contributed by atoms with Crippen LogP contribution in [0.15, 0.2) is 48.5 Å². The molecular formula is C21H23N3O3S. The second-order valence-corrected chi connectivity index (χ2v) is 7.52. The summed E-state index contributed by atoms with van der Waals surface area (Å²) in [6.07, 6.45) is 2.65. The Morgan fingerprint density at radius 1 is 1.11 bits per heavy atom. The maximum absolute atomic E-state index is 12.1. The number of amides is 2. The van der Waals surface area contributed by atoms with Gasteiger partial charge in [0.05, 0.1) is 22.3 Å². The lowest BCUT2D eigenvalue weighted by Gasteiger charge is -2.15. The second-order valence-electron chi connectivity index (χ2n) is 6.41. The van der Waals surface area contributed by atoms with Crippen LogP contribution in [0.5, 0.6) is 0 Å². The lowest BCUT2D eigenvalue weighted by atomic mass is 10.2. The summed E-state index contributed by atoms with van der Waals surface area (Å²) in [6, 6.07) is 15.2. The molecule has 3 aromatic rings. The standard InChI is InChI=1S/C21H23N3O3S/c1-24(21(26)27-2)16-13-11-15(12-14-16)22-19(25)9-5-6-10-20-23-17-7-3-4-8-18(17)28-20/h3-4,7-8,11-14H,5-6,9-10H2,1-2H3,(H,22,25). The minimum absolute atomic E-state index is 0.0154. The average Bonchev–Trinajstić information content (AvgIpc) is 3.13. The lowest BCUT2D eigenvalue weighted by molar-refractivity contribution is -0.116. The first kappa shape index (κ1) is 19.8. The maximum Gasteiger partial charge on any atom is 0.413 e.